The van der Waals surface area contributed by atoms with Gasteiger partial charge in [0.05, 0.1) is 4.92 Å². The minimum Gasteiger partial charge on any atom is -0.298 e. The number of aryl methyl sites for hydroxylation is 1. The highest BCUT2D eigenvalue weighted by molar-refractivity contribution is 7.80. The van der Waals surface area contributed by atoms with Crippen LogP contribution in [0.4, 0.5) is 5.69 Å². The van der Waals surface area contributed by atoms with Crippen molar-refractivity contribution in [3.8, 4) is 0 Å². The summed E-state index contributed by atoms with van der Waals surface area (Å²) < 4.78 is 0. The molecule has 2 aromatic carbocycles. The van der Waals surface area contributed by atoms with E-state index in [1.54, 1.807) is 31.2 Å². The van der Waals surface area contributed by atoms with Gasteiger partial charge in [-0.15, -0.1) is 0 Å². The first-order chi connectivity index (χ1) is 11.9. The Bertz CT molecular complexity index is 854. The number of carbonyl (C=O) groups is 2. The lowest BCUT2D eigenvalue weighted by Gasteiger charge is -2.11. The molecule has 0 aliphatic heterocycles. The van der Waals surface area contributed by atoms with Crippen molar-refractivity contribution in [2.24, 2.45) is 0 Å². The van der Waals surface area contributed by atoms with Crippen LogP contribution in [0.1, 0.15) is 26.3 Å². The van der Waals surface area contributed by atoms with Gasteiger partial charge in [-0.2, -0.15) is 0 Å². The molecule has 0 fully saturated rings. The summed E-state index contributed by atoms with van der Waals surface area (Å²) in [4.78, 5) is 34.4. The van der Waals surface area contributed by atoms with Gasteiger partial charge in [0.25, 0.3) is 17.5 Å². The van der Waals surface area contributed by atoms with Crippen molar-refractivity contribution in [3.63, 3.8) is 0 Å². The summed E-state index contributed by atoms with van der Waals surface area (Å²) >= 11 is 4.93. The Kier molecular flexibility index (Phi) is 5.75. The summed E-state index contributed by atoms with van der Waals surface area (Å²) in [6.45, 7) is 1.78. The van der Waals surface area contributed by atoms with Gasteiger partial charge in [-0.3, -0.25) is 35.9 Å². The normalized spacial score (nSPS) is 9.80. The van der Waals surface area contributed by atoms with Gasteiger partial charge >= 0.3 is 0 Å². The fraction of sp³-hybridized carbons (Fsp3) is 0.0625. The molecule has 2 aromatic rings. The molecule has 128 valence electrons. The van der Waals surface area contributed by atoms with E-state index < -0.39 is 16.7 Å². The first-order valence-corrected chi connectivity index (χ1v) is 7.51. The molecule has 2 rings (SSSR count). The zero-order valence-electron chi connectivity index (χ0n) is 13.1. The average molecular weight is 358 g/mol. The molecule has 9 heteroatoms. The third kappa shape index (κ3) is 4.58. The second kappa shape index (κ2) is 7.97. The lowest BCUT2D eigenvalue weighted by atomic mass is 10.1. The number of hydrogen-bond donors (Lipinski definition) is 3. The van der Waals surface area contributed by atoms with Crippen LogP contribution < -0.4 is 16.2 Å². The van der Waals surface area contributed by atoms with E-state index in [9.17, 15) is 19.7 Å². The van der Waals surface area contributed by atoms with Gasteiger partial charge in [-0.25, -0.2) is 0 Å². The number of amides is 2. The Morgan fingerprint density at radius 2 is 1.56 bits per heavy atom. The number of nitro groups is 1. The molecular formula is C16H14N4O4S. The predicted octanol–water partition coefficient (Wildman–Crippen LogP) is 1.85. The summed E-state index contributed by atoms with van der Waals surface area (Å²) in [7, 11) is 0. The first kappa shape index (κ1) is 18.0. The zero-order chi connectivity index (χ0) is 18.4. The van der Waals surface area contributed by atoms with Crippen LogP contribution in [0, 0.1) is 17.0 Å². The maximum absolute atomic E-state index is 12.1. The first-order valence-electron chi connectivity index (χ1n) is 7.11. The van der Waals surface area contributed by atoms with E-state index in [0.29, 0.717) is 5.56 Å². The number of nitro benzene ring substituents is 1. The molecule has 0 unspecified atom stereocenters. The van der Waals surface area contributed by atoms with Gasteiger partial charge in [-0.1, -0.05) is 30.3 Å². The summed E-state index contributed by atoms with van der Waals surface area (Å²) in [5.41, 5.74) is 5.30. The number of hydrogen-bond acceptors (Lipinski definition) is 5. The van der Waals surface area contributed by atoms with Crippen LogP contribution in [0.5, 0.6) is 0 Å². The second-order valence-electron chi connectivity index (χ2n) is 4.95. The third-order valence-electron chi connectivity index (χ3n) is 3.25. The molecule has 0 bridgehead atoms. The molecule has 0 aromatic heterocycles. The standard InChI is InChI=1S/C16H14N4O4S/c1-10-6-2-3-7-11(10)14(21)17-16(25)19-18-15(22)12-8-4-5-9-13(12)20(23)24/h2-9H,1H3,(H,18,22)(H2,17,19,21,25). The van der Waals surface area contributed by atoms with Crippen LogP contribution in [0.15, 0.2) is 48.5 Å². The number of hydrazine groups is 1. The maximum Gasteiger partial charge on any atom is 0.282 e. The molecule has 2 amide bonds. The van der Waals surface area contributed by atoms with E-state index in [2.05, 4.69) is 16.2 Å². The Labute approximate surface area is 148 Å². The van der Waals surface area contributed by atoms with Crippen molar-refractivity contribution in [1.29, 1.82) is 0 Å². The highest BCUT2D eigenvalue weighted by Gasteiger charge is 2.19. The maximum atomic E-state index is 12.1. The number of nitrogens with one attached hydrogen (secondary N) is 3. The molecule has 0 heterocycles. The predicted molar refractivity (Wildman–Crippen MR) is 94.9 cm³/mol. The van der Waals surface area contributed by atoms with Crippen molar-refractivity contribution in [2.45, 2.75) is 6.92 Å². The van der Waals surface area contributed by atoms with Crippen LogP contribution in [0.3, 0.4) is 0 Å². The van der Waals surface area contributed by atoms with Crippen molar-refractivity contribution in [3.05, 3.63) is 75.3 Å². The number of para-hydroxylation sites is 1. The quantitative estimate of drug-likeness (QED) is 0.438. The Balaban J connectivity index is 1.96. The Morgan fingerprint density at radius 1 is 0.960 bits per heavy atom. The van der Waals surface area contributed by atoms with Gasteiger partial charge in [0.15, 0.2) is 5.11 Å². The van der Waals surface area contributed by atoms with E-state index in [4.69, 9.17) is 12.2 Å². The number of nitrogens with zero attached hydrogens (tertiary/aromatic N) is 1. The van der Waals surface area contributed by atoms with Crippen molar-refractivity contribution in [1.82, 2.24) is 16.2 Å². The van der Waals surface area contributed by atoms with E-state index in [-0.39, 0.29) is 16.4 Å². The lowest BCUT2D eigenvalue weighted by molar-refractivity contribution is -0.385. The highest BCUT2D eigenvalue weighted by Crippen LogP contribution is 2.16. The van der Waals surface area contributed by atoms with Crippen LogP contribution in [-0.2, 0) is 0 Å². The van der Waals surface area contributed by atoms with Crippen LogP contribution in [0.25, 0.3) is 0 Å². The van der Waals surface area contributed by atoms with E-state index in [1.165, 1.54) is 24.3 Å². The van der Waals surface area contributed by atoms with Crippen LogP contribution >= 0.6 is 12.2 Å². The minimum atomic E-state index is -0.750. The van der Waals surface area contributed by atoms with Crippen LogP contribution in [-0.4, -0.2) is 21.9 Å². The van der Waals surface area contributed by atoms with Gasteiger partial charge in [-0.05, 0) is 36.8 Å². The number of benzene rings is 2. The molecule has 0 saturated heterocycles. The summed E-state index contributed by atoms with van der Waals surface area (Å²) in [5, 5.41) is 13.2. The molecular weight excluding hydrogens is 344 g/mol. The molecule has 0 aliphatic rings. The fourth-order valence-electron chi connectivity index (χ4n) is 2.04. The van der Waals surface area contributed by atoms with E-state index >= 15 is 0 Å². The number of rotatable bonds is 3. The molecule has 0 atom stereocenters. The zero-order valence-corrected chi connectivity index (χ0v) is 13.9. The Morgan fingerprint density at radius 3 is 2.20 bits per heavy atom. The average Bonchev–Trinajstić information content (AvgIpc) is 2.59. The SMILES string of the molecule is Cc1ccccc1C(=O)NC(=S)NNC(=O)c1ccccc1[N+](=O)[O-]. The van der Waals surface area contributed by atoms with Gasteiger partial charge < -0.3 is 0 Å². The second-order valence-corrected chi connectivity index (χ2v) is 5.36. The largest absolute Gasteiger partial charge is 0.298 e. The van der Waals surface area contributed by atoms with Gasteiger partial charge in [0, 0.05) is 11.6 Å². The molecule has 3 N–H and O–H groups in total. The molecule has 0 saturated carbocycles. The summed E-state index contributed by atoms with van der Waals surface area (Å²) in [6.07, 6.45) is 0. The van der Waals surface area contributed by atoms with Crippen molar-refractivity contribution < 1.29 is 14.5 Å². The van der Waals surface area contributed by atoms with Gasteiger partial charge in [0.1, 0.15) is 5.56 Å². The number of thiocarbonyl (C=S) groups is 1. The minimum absolute atomic E-state index is 0.131. The van der Waals surface area contributed by atoms with E-state index in [0.717, 1.165) is 5.56 Å². The molecule has 25 heavy (non-hydrogen) atoms. The molecule has 0 spiro atoms. The molecule has 0 radical (unpaired) electrons. The topological polar surface area (TPSA) is 113 Å². The lowest BCUT2D eigenvalue weighted by Crippen LogP contribution is -2.48. The highest BCUT2D eigenvalue weighted by atomic mass is 32.1. The van der Waals surface area contributed by atoms with Crippen molar-refractivity contribution in [2.75, 3.05) is 0 Å². The monoisotopic (exact) mass is 358 g/mol. The van der Waals surface area contributed by atoms with Crippen molar-refractivity contribution >= 4 is 34.8 Å². The summed E-state index contributed by atoms with van der Waals surface area (Å²) in [5.74, 6) is -1.18. The van der Waals surface area contributed by atoms with E-state index in [1.807, 2.05) is 0 Å². The summed E-state index contributed by atoms with van der Waals surface area (Å²) in [6, 6.07) is 12.4. The smallest absolute Gasteiger partial charge is 0.282 e. The molecule has 8 nitrogen and oxygen atoms in total. The number of carbonyl (C=O) groups excluding carboxylic acids is 2. The third-order valence-corrected chi connectivity index (χ3v) is 3.46. The van der Waals surface area contributed by atoms with Crippen LogP contribution in [0.2, 0.25) is 0 Å². The molecule has 0 aliphatic carbocycles. The fourth-order valence-corrected chi connectivity index (χ4v) is 2.18. The Hall–Kier alpha value is -3.33. The van der Waals surface area contributed by atoms with Gasteiger partial charge in [0.2, 0.25) is 0 Å².